The molecule has 1 amide bonds. The zero-order valence-corrected chi connectivity index (χ0v) is 10.5. The minimum Gasteiger partial charge on any atom is -0.351 e. The molecule has 0 atom stereocenters. The lowest BCUT2D eigenvalue weighted by Gasteiger charge is -2.06. The molecule has 0 saturated heterocycles. The van der Waals surface area contributed by atoms with E-state index in [0.717, 1.165) is 5.56 Å². The summed E-state index contributed by atoms with van der Waals surface area (Å²) in [6.07, 6.45) is 1.93. The van der Waals surface area contributed by atoms with Gasteiger partial charge in [0.25, 0.3) is 0 Å². The Morgan fingerprint density at radius 2 is 2.11 bits per heavy atom. The van der Waals surface area contributed by atoms with Crippen LogP contribution in [0.5, 0.6) is 0 Å². The molecule has 0 unspecified atom stereocenters. The third-order valence-corrected chi connectivity index (χ3v) is 2.55. The lowest BCUT2D eigenvalue weighted by Crippen LogP contribution is -2.34. The molecule has 0 radical (unpaired) electrons. The van der Waals surface area contributed by atoms with Crippen LogP contribution in [0.3, 0.4) is 0 Å². The normalized spacial score (nSPS) is 10.3. The van der Waals surface area contributed by atoms with Crippen LogP contribution in [0.2, 0.25) is 0 Å². The van der Waals surface area contributed by atoms with Gasteiger partial charge in [-0.25, -0.2) is 0 Å². The molecule has 6 nitrogen and oxygen atoms in total. The predicted molar refractivity (Wildman–Crippen MR) is 69.2 cm³/mol. The minimum absolute atomic E-state index is 0.0306. The Balaban J connectivity index is 1.57. The Hall–Kier alpha value is -2.21. The number of benzene rings is 1. The second kappa shape index (κ2) is 7.27. The summed E-state index contributed by atoms with van der Waals surface area (Å²) in [5.41, 5.74) is 1.09. The first-order valence-corrected chi connectivity index (χ1v) is 6.11. The van der Waals surface area contributed by atoms with Gasteiger partial charge in [0, 0.05) is 19.5 Å². The average molecular weight is 260 g/mol. The first kappa shape index (κ1) is 13.2. The van der Waals surface area contributed by atoms with Crippen LogP contribution in [0.1, 0.15) is 11.4 Å². The van der Waals surface area contributed by atoms with Crippen molar-refractivity contribution in [3.8, 4) is 0 Å². The van der Waals surface area contributed by atoms with E-state index in [9.17, 15) is 4.79 Å². The molecular formula is C13H16N4O2. The summed E-state index contributed by atoms with van der Waals surface area (Å²) in [5, 5.41) is 9.55. The Bertz CT molecular complexity index is 485. The fourth-order valence-corrected chi connectivity index (χ4v) is 1.56. The third kappa shape index (κ3) is 4.89. The van der Waals surface area contributed by atoms with E-state index in [0.29, 0.717) is 25.3 Å². The van der Waals surface area contributed by atoms with Crippen LogP contribution in [0.4, 0.5) is 0 Å². The summed E-state index contributed by atoms with van der Waals surface area (Å²) in [4.78, 5) is 15.4. The first-order valence-electron chi connectivity index (χ1n) is 6.11. The molecule has 0 spiro atoms. The van der Waals surface area contributed by atoms with E-state index in [1.165, 1.54) is 6.39 Å². The number of amides is 1. The second-order valence-electron chi connectivity index (χ2n) is 4.04. The molecule has 0 aliphatic rings. The number of aromatic nitrogens is 2. The Morgan fingerprint density at radius 1 is 1.26 bits per heavy atom. The Kier molecular flexibility index (Phi) is 5.06. The van der Waals surface area contributed by atoms with Crippen LogP contribution >= 0.6 is 0 Å². The van der Waals surface area contributed by atoms with E-state index < -0.39 is 0 Å². The number of rotatable bonds is 7. The molecule has 1 heterocycles. The largest absolute Gasteiger partial charge is 0.351 e. The first-order chi connectivity index (χ1) is 9.34. The molecule has 19 heavy (non-hydrogen) atoms. The van der Waals surface area contributed by atoms with Gasteiger partial charge in [-0.3, -0.25) is 4.79 Å². The van der Waals surface area contributed by atoms with Crippen molar-refractivity contribution in [3.05, 3.63) is 48.1 Å². The van der Waals surface area contributed by atoms with Crippen molar-refractivity contribution in [2.24, 2.45) is 0 Å². The topological polar surface area (TPSA) is 80.1 Å². The van der Waals surface area contributed by atoms with Crippen LogP contribution in [0, 0.1) is 0 Å². The predicted octanol–water partition coefficient (Wildman–Crippen LogP) is 0.518. The third-order valence-electron chi connectivity index (χ3n) is 2.55. The Labute approximate surface area is 111 Å². The zero-order chi connectivity index (χ0) is 13.3. The van der Waals surface area contributed by atoms with E-state index in [1.54, 1.807) is 0 Å². The van der Waals surface area contributed by atoms with Crippen LogP contribution in [-0.4, -0.2) is 29.1 Å². The Morgan fingerprint density at radius 3 is 2.84 bits per heavy atom. The molecule has 1 aromatic carbocycles. The monoisotopic (exact) mass is 260 g/mol. The maximum atomic E-state index is 11.6. The lowest BCUT2D eigenvalue weighted by atomic mass is 10.2. The lowest BCUT2D eigenvalue weighted by molar-refractivity contribution is -0.120. The summed E-state index contributed by atoms with van der Waals surface area (Å²) < 4.78 is 4.61. The highest BCUT2D eigenvalue weighted by atomic mass is 16.5. The van der Waals surface area contributed by atoms with Gasteiger partial charge in [-0.2, -0.15) is 4.98 Å². The maximum absolute atomic E-state index is 11.6. The van der Waals surface area contributed by atoms with Crippen molar-refractivity contribution in [3.63, 3.8) is 0 Å². The molecule has 0 bridgehead atoms. The number of carbonyl (C=O) groups excluding carboxylic acids is 1. The van der Waals surface area contributed by atoms with Gasteiger partial charge >= 0.3 is 0 Å². The van der Waals surface area contributed by atoms with Gasteiger partial charge < -0.3 is 15.2 Å². The molecule has 0 aliphatic heterocycles. The van der Waals surface area contributed by atoms with Gasteiger partial charge in [-0.05, 0) is 5.56 Å². The average Bonchev–Trinajstić information content (AvgIpc) is 2.96. The summed E-state index contributed by atoms with van der Waals surface area (Å²) in [7, 11) is 0. The van der Waals surface area contributed by atoms with Gasteiger partial charge in [0.15, 0.2) is 5.82 Å². The summed E-state index contributed by atoms with van der Waals surface area (Å²) in [6.45, 7) is 1.47. The van der Waals surface area contributed by atoms with Crippen LogP contribution in [-0.2, 0) is 17.8 Å². The second-order valence-corrected chi connectivity index (χ2v) is 4.04. The molecule has 2 N–H and O–H groups in total. The van der Waals surface area contributed by atoms with Gasteiger partial charge in [0.2, 0.25) is 12.3 Å². The van der Waals surface area contributed by atoms with E-state index in [2.05, 4.69) is 25.3 Å². The van der Waals surface area contributed by atoms with E-state index in [4.69, 9.17) is 0 Å². The highest BCUT2D eigenvalue weighted by molar-refractivity contribution is 5.77. The summed E-state index contributed by atoms with van der Waals surface area (Å²) >= 11 is 0. The quantitative estimate of drug-likeness (QED) is 0.709. The highest BCUT2D eigenvalue weighted by Gasteiger charge is 2.02. The van der Waals surface area contributed by atoms with Crippen LogP contribution < -0.4 is 10.6 Å². The van der Waals surface area contributed by atoms with Crippen molar-refractivity contribution in [1.82, 2.24) is 20.8 Å². The molecule has 2 rings (SSSR count). The van der Waals surface area contributed by atoms with Crippen molar-refractivity contribution < 1.29 is 9.32 Å². The van der Waals surface area contributed by atoms with Crippen molar-refractivity contribution in [2.45, 2.75) is 13.0 Å². The summed E-state index contributed by atoms with van der Waals surface area (Å²) in [5.74, 6) is 0.606. The van der Waals surface area contributed by atoms with E-state index >= 15 is 0 Å². The maximum Gasteiger partial charge on any atom is 0.234 e. The van der Waals surface area contributed by atoms with E-state index in [-0.39, 0.29) is 12.5 Å². The van der Waals surface area contributed by atoms with Crippen molar-refractivity contribution in [2.75, 3.05) is 13.1 Å². The standard InChI is InChI=1S/C13H16N4O2/c18-13(15-8-11-4-2-1-3-5-11)9-14-7-6-12-16-10-19-17-12/h1-5,10,14H,6-9H2,(H,15,18). The molecule has 0 aliphatic carbocycles. The number of carbonyl (C=O) groups is 1. The van der Waals surface area contributed by atoms with Crippen LogP contribution in [0.15, 0.2) is 41.2 Å². The van der Waals surface area contributed by atoms with Gasteiger partial charge in [0.05, 0.1) is 6.54 Å². The number of nitrogens with zero attached hydrogens (tertiary/aromatic N) is 2. The van der Waals surface area contributed by atoms with Gasteiger partial charge in [0.1, 0.15) is 0 Å². The van der Waals surface area contributed by atoms with Crippen molar-refractivity contribution in [1.29, 1.82) is 0 Å². The molecule has 2 aromatic rings. The molecule has 100 valence electrons. The molecule has 6 heteroatoms. The molecule has 1 aromatic heterocycles. The smallest absolute Gasteiger partial charge is 0.234 e. The fraction of sp³-hybridized carbons (Fsp3) is 0.308. The molecule has 0 fully saturated rings. The SMILES string of the molecule is O=C(CNCCc1ncon1)NCc1ccccc1. The van der Waals surface area contributed by atoms with Gasteiger partial charge in [-0.15, -0.1) is 0 Å². The van der Waals surface area contributed by atoms with E-state index in [1.807, 2.05) is 30.3 Å². The highest BCUT2D eigenvalue weighted by Crippen LogP contribution is 1.96. The summed E-state index contributed by atoms with van der Waals surface area (Å²) in [6, 6.07) is 9.80. The fourth-order valence-electron chi connectivity index (χ4n) is 1.56. The van der Waals surface area contributed by atoms with Crippen LogP contribution in [0.25, 0.3) is 0 Å². The van der Waals surface area contributed by atoms with Crippen molar-refractivity contribution >= 4 is 5.91 Å². The number of hydrogen-bond acceptors (Lipinski definition) is 5. The molecular weight excluding hydrogens is 244 g/mol. The minimum atomic E-state index is -0.0306. The molecule has 0 saturated carbocycles. The number of hydrogen-bond donors (Lipinski definition) is 2. The zero-order valence-electron chi connectivity index (χ0n) is 10.5. The van der Waals surface area contributed by atoms with Gasteiger partial charge in [-0.1, -0.05) is 35.5 Å². The number of nitrogens with one attached hydrogen (secondary N) is 2.